The molecule has 180 valence electrons. The number of unbranched alkanes of at least 4 members (excludes halogenated alkanes) is 1. The lowest BCUT2D eigenvalue weighted by Crippen LogP contribution is -2.49. The molecule has 0 heterocycles. The van der Waals surface area contributed by atoms with E-state index in [9.17, 15) is 9.59 Å². The molecule has 2 aromatic rings. The Morgan fingerprint density at radius 2 is 1.73 bits per heavy atom. The van der Waals surface area contributed by atoms with E-state index >= 15 is 0 Å². The van der Waals surface area contributed by atoms with Crippen molar-refractivity contribution < 1.29 is 14.3 Å². The lowest BCUT2D eigenvalue weighted by Gasteiger charge is -2.29. The van der Waals surface area contributed by atoms with Crippen LogP contribution >= 0.6 is 23.2 Å². The Bertz CT molecular complexity index is 940. The topological polar surface area (TPSA) is 58.6 Å². The quantitative estimate of drug-likeness (QED) is 0.413. The maximum absolute atomic E-state index is 13.1. The number of hydrogen-bond donors (Lipinski definition) is 1. The first-order valence-corrected chi connectivity index (χ1v) is 12.0. The SMILES string of the molecule is CCCCNC(=O)C(C)N(Cc1ccc(Cl)c(Cl)c1)C(=O)COc1ccc(C(C)(C)C)cc1. The van der Waals surface area contributed by atoms with Crippen LogP contribution in [0.25, 0.3) is 0 Å². The van der Waals surface area contributed by atoms with Crippen molar-refractivity contribution in [2.45, 2.75) is 65.5 Å². The standard InChI is InChI=1S/C26H34Cl2N2O3/c1-6-7-14-29-25(32)18(2)30(16-19-8-13-22(27)23(28)15-19)24(31)17-33-21-11-9-20(10-12-21)26(3,4)5/h8-13,15,18H,6-7,14,16-17H2,1-5H3,(H,29,32). The number of halogens is 2. The number of nitrogens with zero attached hydrogens (tertiary/aromatic N) is 1. The Morgan fingerprint density at radius 3 is 2.30 bits per heavy atom. The molecule has 2 aromatic carbocycles. The van der Waals surface area contributed by atoms with Crippen molar-refractivity contribution >= 4 is 35.0 Å². The molecule has 33 heavy (non-hydrogen) atoms. The highest BCUT2D eigenvalue weighted by molar-refractivity contribution is 6.42. The first-order chi connectivity index (χ1) is 15.5. The Balaban J connectivity index is 2.14. The first kappa shape index (κ1) is 27.0. The molecule has 0 bridgehead atoms. The van der Waals surface area contributed by atoms with Crippen LogP contribution in [-0.2, 0) is 21.5 Å². The minimum Gasteiger partial charge on any atom is -0.484 e. The van der Waals surface area contributed by atoms with Crippen LogP contribution in [0.1, 0.15) is 58.6 Å². The van der Waals surface area contributed by atoms with Crippen molar-refractivity contribution in [1.29, 1.82) is 0 Å². The number of rotatable bonds is 10. The maximum Gasteiger partial charge on any atom is 0.261 e. The number of carbonyl (C=O) groups is 2. The predicted octanol–water partition coefficient (Wildman–Crippen LogP) is 6.00. The molecule has 0 aromatic heterocycles. The van der Waals surface area contributed by atoms with Gasteiger partial charge in [0, 0.05) is 13.1 Å². The van der Waals surface area contributed by atoms with Gasteiger partial charge in [0.25, 0.3) is 5.91 Å². The van der Waals surface area contributed by atoms with Gasteiger partial charge >= 0.3 is 0 Å². The van der Waals surface area contributed by atoms with Crippen LogP contribution in [0.3, 0.4) is 0 Å². The molecule has 1 N–H and O–H groups in total. The molecule has 0 radical (unpaired) electrons. The molecule has 0 fully saturated rings. The van der Waals surface area contributed by atoms with Gasteiger partial charge in [-0.3, -0.25) is 9.59 Å². The third-order valence-electron chi connectivity index (χ3n) is 5.42. The summed E-state index contributed by atoms with van der Waals surface area (Å²) in [5.41, 5.74) is 1.99. The summed E-state index contributed by atoms with van der Waals surface area (Å²) in [6.45, 7) is 10.8. The van der Waals surface area contributed by atoms with E-state index in [1.54, 1.807) is 25.1 Å². The van der Waals surface area contributed by atoms with Crippen molar-refractivity contribution in [1.82, 2.24) is 10.2 Å². The van der Waals surface area contributed by atoms with Crippen LogP contribution in [0.4, 0.5) is 0 Å². The van der Waals surface area contributed by atoms with Gasteiger partial charge in [-0.2, -0.15) is 0 Å². The van der Waals surface area contributed by atoms with Gasteiger partial charge in [0.15, 0.2) is 6.61 Å². The lowest BCUT2D eigenvalue weighted by atomic mass is 9.87. The van der Waals surface area contributed by atoms with E-state index in [0.29, 0.717) is 22.3 Å². The summed E-state index contributed by atoms with van der Waals surface area (Å²) in [6.07, 6.45) is 1.86. The van der Waals surface area contributed by atoms with Crippen molar-refractivity contribution in [2.75, 3.05) is 13.2 Å². The summed E-state index contributed by atoms with van der Waals surface area (Å²) in [5, 5.41) is 3.73. The van der Waals surface area contributed by atoms with Gasteiger partial charge < -0.3 is 15.0 Å². The molecule has 2 amide bonds. The van der Waals surface area contributed by atoms with E-state index in [4.69, 9.17) is 27.9 Å². The van der Waals surface area contributed by atoms with E-state index in [1.807, 2.05) is 24.3 Å². The highest BCUT2D eigenvalue weighted by atomic mass is 35.5. The van der Waals surface area contributed by atoms with Gasteiger partial charge in [0.1, 0.15) is 11.8 Å². The predicted molar refractivity (Wildman–Crippen MR) is 135 cm³/mol. The van der Waals surface area contributed by atoms with E-state index < -0.39 is 6.04 Å². The fraction of sp³-hybridized carbons (Fsp3) is 0.462. The summed E-state index contributed by atoms with van der Waals surface area (Å²) in [6, 6.07) is 12.2. The third-order valence-corrected chi connectivity index (χ3v) is 6.16. The third kappa shape index (κ3) is 8.24. The summed E-state index contributed by atoms with van der Waals surface area (Å²) < 4.78 is 5.76. The molecule has 7 heteroatoms. The minimum absolute atomic E-state index is 0.0333. The van der Waals surface area contributed by atoms with Gasteiger partial charge in [-0.15, -0.1) is 0 Å². The van der Waals surface area contributed by atoms with Crippen LogP contribution in [0.5, 0.6) is 5.75 Å². The van der Waals surface area contributed by atoms with E-state index in [2.05, 4.69) is 33.0 Å². The zero-order valence-corrected chi connectivity index (χ0v) is 21.6. The summed E-state index contributed by atoms with van der Waals surface area (Å²) >= 11 is 12.2. The fourth-order valence-corrected chi connectivity index (χ4v) is 3.55. The molecular formula is C26H34Cl2N2O3. The monoisotopic (exact) mass is 492 g/mol. The molecule has 0 saturated carbocycles. The molecule has 5 nitrogen and oxygen atoms in total. The normalized spacial score (nSPS) is 12.2. The molecule has 0 spiro atoms. The Kier molecular flexibility index (Phi) is 10.1. The number of ether oxygens (including phenoxy) is 1. The maximum atomic E-state index is 13.1. The Hall–Kier alpha value is -2.24. The molecule has 1 atom stereocenters. The molecule has 1 unspecified atom stereocenters. The molecule has 0 aliphatic heterocycles. The second kappa shape index (κ2) is 12.3. The summed E-state index contributed by atoms with van der Waals surface area (Å²) in [4.78, 5) is 27.3. The van der Waals surface area contributed by atoms with Crippen LogP contribution in [0.15, 0.2) is 42.5 Å². The van der Waals surface area contributed by atoms with E-state index in [0.717, 1.165) is 18.4 Å². The minimum atomic E-state index is -0.671. The van der Waals surface area contributed by atoms with Gasteiger partial charge in [-0.05, 0) is 54.2 Å². The highest BCUT2D eigenvalue weighted by Gasteiger charge is 2.26. The zero-order valence-electron chi connectivity index (χ0n) is 20.1. The van der Waals surface area contributed by atoms with Gasteiger partial charge in [0.2, 0.25) is 5.91 Å². The number of amides is 2. The number of benzene rings is 2. The highest BCUT2D eigenvalue weighted by Crippen LogP contribution is 2.25. The van der Waals surface area contributed by atoms with Crippen molar-refractivity contribution in [3.8, 4) is 5.75 Å². The molecule has 0 aliphatic rings. The van der Waals surface area contributed by atoms with Crippen molar-refractivity contribution in [2.24, 2.45) is 0 Å². The van der Waals surface area contributed by atoms with E-state index in [-0.39, 0.29) is 30.4 Å². The second-order valence-electron chi connectivity index (χ2n) is 9.15. The first-order valence-electron chi connectivity index (χ1n) is 11.3. The van der Waals surface area contributed by atoms with Crippen LogP contribution in [0.2, 0.25) is 10.0 Å². The second-order valence-corrected chi connectivity index (χ2v) is 9.97. The number of carbonyl (C=O) groups excluding carboxylic acids is 2. The van der Waals surface area contributed by atoms with Gasteiger partial charge in [-0.1, -0.05) is 75.5 Å². The lowest BCUT2D eigenvalue weighted by molar-refractivity contribution is -0.142. The van der Waals surface area contributed by atoms with Gasteiger partial charge in [-0.25, -0.2) is 0 Å². The average Bonchev–Trinajstić information content (AvgIpc) is 2.77. The average molecular weight is 493 g/mol. The Labute approximate surface area is 207 Å². The number of hydrogen-bond acceptors (Lipinski definition) is 3. The van der Waals surface area contributed by atoms with Crippen LogP contribution in [-0.4, -0.2) is 35.9 Å². The molecule has 0 saturated heterocycles. The molecule has 2 rings (SSSR count). The van der Waals surface area contributed by atoms with Crippen molar-refractivity contribution in [3.63, 3.8) is 0 Å². The zero-order chi connectivity index (χ0) is 24.6. The number of nitrogens with one attached hydrogen (secondary N) is 1. The summed E-state index contributed by atoms with van der Waals surface area (Å²) in [5.74, 6) is 0.108. The van der Waals surface area contributed by atoms with Crippen LogP contribution in [0, 0.1) is 0 Å². The van der Waals surface area contributed by atoms with E-state index in [1.165, 1.54) is 10.5 Å². The van der Waals surface area contributed by atoms with Crippen molar-refractivity contribution in [3.05, 3.63) is 63.6 Å². The van der Waals surface area contributed by atoms with Crippen LogP contribution < -0.4 is 10.1 Å². The summed E-state index contributed by atoms with van der Waals surface area (Å²) in [7, 11) is 0. The molecule has 0 aliphatic carbocycles. The Morgan fingerprint density at radius 1 is 1.06 bits per heavy atom. The van der Waals surface area contributed by atoms with Gasteiger partial charge in [0.05, 0.1) is 10.0 Å². The smallest absolute Gasteiger partial charge is 0.261 e. The fourth-order valence-electron chi connectivity index (χ4n) is 3.23. The largest absolute Gasteiger partial charge is 0.484 e. The molecular weight excluding hydrogens is 459 g/mol.